The van der Waals surface area contributed by atoms with E-state index < -0.39 is 202 Å². The number of aryl methyl sites for hydroxylation is 8. The third kappa shape index (κ3) is 23.1. The highest BCUT2D eigenvalue weighted by Gasteiger charge is 2.47. The third-order valence-corrected chi connectivity index (χ3v) is 20.2. The third-order valence-electron chi connectivity index (χ3n) is 20.2. The van der Waals surface area contributed by atoms with Crippen molar-refractivity contribution < 1.29 is 119 Å². The Hall–Kier alpha value is -10.8. The van der Waals surface area contributed by atoms with E-state index in [1.165, 1.54) is 88.2 Å². The van der Waals surface area contributed by atoms with Gasteiger partial charge in [-0.1, -0.05) is 287 Å². The Morgan fingerprint density at radius 1 is 0.157 bits per heavy atom. The van der Waals surface area contributed by atoms with Gasteiger partial charge in [0.05, 0.1) is 44.5 Å². The molecule has 0 unspecified atom stereocenters. The molecule has 0 saturated carbocycles. The van der Waals surface area contributed by atoms with Crippen LogP contribution in [0, 0.1) is 55.4 Å². The summed E-state index contributed by atoms with van der Waals surface area (Å²) in [7, 11) is 0. The van der Waals surface area contributed by atoms with Crippen molar-refractivity contribution in [1.29, 1.82) is 0 Å². The molecule has 12 aromatic carbocycles. The summed E-state index contributed by atoms with van der Waals surface area (Å²) in [6, 6.07) is 62.1. The number of hydrogen-bond acceptors (Lipinski definition) is 3. The van der Waals surface area contributed by atoms with Crippen LogP contribution in [0.25, 0.3) is 0 Å². The van der Waals surface area contributed by atoms with Crippen molar-refractivity contribution in [3.63, 3.8) is 0 Å². The highest BCUT2D eigenvalue weighted by molar-refractivity contribution is 6.94. The molecule has 33 heteroatoms. The fraction of sp³-hybridized carbons (Fsp3) is 0.182. The van der Waals surface area contributed by atoms with E-state index in [9.17, 15) is 105 Å². The number of rotatable bonds is 18. The van der Waals surface area contributed by atoms with Gasteiger partial charge in [-0.15, -0.1) is 0 Å². The quantitative estimate of drug-likeness (QED) is 0.0633. The molecule has 0 aliphatic carbocycles. The zero-order valence-electron chi connectivity index (χ0n) is 65.2. The van der Waals surface area contributed by atoms with Crippen LogP contribution < -0.4 is 65.6 Å². The average Bonchev–Trinajstić information content (AvgIpc) is 0.771. The van der Waals surface area contributed by atoms with Crippen LogP contribution >= 0.6 is 0 Å². The molecule has 0 bridgehead atoms. The van der Waals surface area contributed by atoms with Crippen LogP contribution in [0.1, 0.15) is 89.0 Å². The second kappa shape index (κ2) is 36.9. The lowest BCUT2D eigenvalue weighted by Gasteiger charge is -2.27. The molecule has 3 nitrogen and oxygen atoms in total. The molecule has 12 aromatic rings. The molecule has 0 amide bonds. The van der Waals surface area contributed by atoms with Crippen molar-refractivity contribution in [2.75, 3.05) is 0 Å². The predicted octanol–water partition coefficient (Wildman–Crippen LogP) is 18.5. The smallest absolute Gasteiger partial charge is 0.416 e. The van der Waals surface area contributed by atoms with Gasteiger partial charge in [-0.3, -0.25) is 0 Å². The first-order chi connectivity index (χ1) is 56.4. The lowest BCUT2D eigenvalue weighted by atomic mass is 9.45. The van der Waals surface area contributed by atoms with Crippen molar-refractivity contribution in [2.24, 2.45) is 0 Å². The zero-order valence-corrected chi connectivity index (χ0v) is 65.2. The van der Waals surface area contributed by atoms with Crippen LogP contribution in [0.4, 0.5) is 105 Å². The minimum Gasteiger partial charge on any atom is -0.484 e. The van der Waals surface area contributed by atoms with Gasteiger partial charge in [0.15, 0.2) is 0 Å². The lowest BCUT2D eigenvalue weighted by molar-refractivity contribution is -0.144. The predicted molar refractivity (Wildman–Crippen MR) is 429 cm³/mol. The first-order valence-electron chi connectivity index (χ1n) is 37.0. The molecule has 0 aliphatic heterocycles. The first kappa shape index (κ1) is 92.5. The highest BCUT2D eigenvalue weighted by atomic mass is 19.4. The standard InChI is InChI=1S/C32H12B2F24O.2C28H28B2O/c35-25(36,37)13-1-14(26(38,39)40)6-21(5-13)33(22-7-15(27(41,42)43)2-16(8-22)28(44,45)46)59-34(23-9-17(29(47,48)49)3-18(10-23)30(50,51)52)24-11-19(31(53,54)55)4-20(12-24)32(56,57)58;2*1-21-13-5-9-17-25(21)29(26-18-10-6-14-22(26)2)31-30(27-19-11-7-15-23(27)3)28-20-12-8-16-24(28)4/h1-12H;2*5-20H,1-4H3. The zero-order chi connectivity index (χ0) is 88.9. The Morgan fingerprint density at radius 2 is 0.264 bits per heavy atom. The van der Waals surface area contributed by atoms with Gasteiger partial charge in [0.1, 0.15) is 0 Å². The van der Waals surface area contributed by atoms with Crippen LogP contribution in [0.15, 0.2) is 267 Å². The topological polar surface area (TPSA) is 27.7 Å². The molecule has 0 radical (unpaired) electrons. The molecular formula is C88H68B6F24O3. The maximum Gasteiger partial charge on any atom is 0.416 e. The maximum absolute atomic E-state index is 13.9. The summed E-state index contributed by atoms with van der Waals surface area (Å²) in [5.41, 5.74) is -7.18. The molecule has 0 fully saturated rings. The molecule has 0 aromatic heterocycles. The largest absolute Gasteiger partial charge is 0.484 e. The Labute approximate surface area is 683 Å². The molecule has 0 spiro atoms. The number of benzene rings is 12. The van der Waals surface area contributed by atoms with Gasteiger partial charge in [-0.05, 0) is 145 Å². The van der Waals surface area contributed by atoms with Crippen molar-refractivity contribution in [3.8, 4) is 0 Å². The molecule has 0 heterocycles. The van der Waals surface area contributed by atoms with Gasteiger partial charge < -0.3 is 13.7 Å². The summed E-state index contributed by atoms with van der Waals surface area (Å²) in [5, 5.41) is 0. The number of alkyl halides is 24. The van der Waals surface area contributed by atoms with E-state index in [2.05, 4.69) is 250 Å². The average molecular weight is 1690 g/mol. The molecule has 0 atom stereocenters. The number of halogens is 24. The maximum atomic E-state index is 13.9. The minimum absolute atomic E-state index is 0.161. The second-order valence-corrected chi connectivity index (χ2v) is 28.9. The summed E-state index contributed by atoms with van der Waals surface area (Å²) in [4.78, 5) is 0. The Kier molecular flexibility index (Phi) is 28.2. The van der Waals surface area contributed by atoms with E-state index in [0.717, 1.165) is 0 Å². The fourth-order valence-corrected chi connectivity index (χ4v) is 13.9. The van der Waals surface area contributed by atoms with E-state index in [0.29, 0.717) is 0 Å². The van der Waals surface area contributed by atoms with Gasteiger partial charge in [-0.2, -0.15) is 105 Å². The SMILES string of the molecule is Cc1ccccc1B(OB(c1ccccc1C)c1ccccc1C)c1ccccc1C.Cc1ccccc1B(OB(c1ccccc1C)c1ccccc1C)c1ccccc1C.FC(F)(F)c1cc(B(OB(c2cc(C(F)(F)F)cc(C(F)(F)F)c2)c2cc(C(F)(F)F)cc(C(F)(F)F)c2)c2cc(C(F)(F)F)cc(C(F)(F)F)c2)cc(C(F)(F)F)c1. The van der Waals surface area contributed by atoms with E-state index in [1.807, 2.05) is 0 Å². The lowest BCUT2D eigenvalue weighted by Crippen LogP contribution is -2.57. The molecule has 624 valence electrons. The van der Waals surface area contributed by atoms with E-state index in [-0.39, 0.29) is 27.7 Å². The van der Waals surface area contributed by atoms with Gasteiger partial charge in [0.2, 0.25) is 0 Å². The van der Waals surface area contributed by atoms with Crippen molar-refractivity contribution in [1.82, 2.24) is 0 Å². The Morgan fingerprint density at radius 3 is 0.372 bits per heavy atom. The molecule has 0 aliphatic rings. The van der Waals surface area contributed by atoms with Crippen molar-refractivity contribution >= 4 is 107 Å². The van der Waals surface area contributed by atoms with Crippen LogP contribution in [-0.2, 0) is 63.1 Å². The van der Waals surface area contributed by atoms with E-state index in [1.54, 1.807) is 0 Å². The molecular weight excluding hydrogens is 1630 g/mol. The Balaban J connectivity index is 0.000000207. The van der Waals surface area contributed by atoms with Crippen LogP contribution in [-0.4, -0.2) is 41.5 Å². The van der Waals surface area contributed by atoms with Gasteiger partial charge in [-0.25, -0.2) is 0 Å². The van der Waals surface area contributed by atoms with E-state index in [4.69, 9.17) is 13.7 Å². The van der Waals surface area contributed by atoms with Crippen molar-refractivity contribution in [3.05, 3.63) is 356 Å². The summed E-state index contributed by atoms with van der Waals surface area (Å²) >= 11 is 0. The molecule has 0 saturated heterocycles. The fourth-order valence-electron chi connectivity index (χ4n) is 13.9. The minimum atomic E-state index is -5.91. The highest BCUT2D eigenvalue weighted by Crippen LogP contribution is 2.40. The summed E-state index contributed by atoms with van der Waals surface area (Å²) in [6.45, 7) is 9.75. The molecule has 12 rings (SSSR count). The van der Waals surface area contributed by atoms with Gasteiger partial charge in [0, 0.05) is 0 Å². The summed E-state index contributed by atoms with van der Waals surface area (Å²) in [6.07, 6.45) is -47.3. The monoisotopic (exact) mass is 1690 g/mol. The van der Waals surface area contributed by atoms with Crippen LogP contribution in [0.3, 0.4) is 0 Å². The van der Waals surface area contributed by atoms with Gasteiger partial charge in [0.25, 0.3) is 0 Å². The molecule has 0 N–H and O–H groups in total. The van der Waals surface area contributed by atoms with Crippen LogP contribution in [0.5, 0.6) is 0 Å². The number of hydrogen-bond donors (Lipinski definition) is 0. The van der Waals surface area contributed by atoms with Gasteiger partial charge >= 0.3 is 90.9 Å². The van der Waals surface area contributed by atoms with E-state index >= 15 is 0 Å². The first-order valence-corrected chi connectivity index (χ1v) is 37.0. The second-order valence-electron chi connectivity index (χ2n) is 28.9. The van der Waals surface area contributed by atoms with Crippen molar-refractivity contribution in [2.45, 2.75) is 105 Å². The Bertz CT molecular complexity index is 4630. The molecule has 121 heavy (non-hydrogen) atoms. The summed E-state index contributed by atoms with van der Waals surface area (Å²) < 4.78 is 354. The normalized spacial score (nSPS) is 12.2. The summed E-state index contributed by atoms with van der Waals surface area (Å²) in [5.74, 6) is 0. The van der Waals surface area contributed by atoms with Crippen LogP contribution in [0.2, 0.25) is 0 Å².